The van der Waals surface area contributed by atoms with Crippen LogP contribution in [0.15, 0.2) is 46.2 Å². The molecule has 5 heteroatoms. The molecule has 0 bridgehead atoms. The van der Waals surface area contributed by atoms with Gasteiger partial charge in [0.1, 0.15) is 5.75 Å². The van der Waals surface area contributed by atoms with Crippen molar-refractivity contribution in [3.63, 3.8) is 0 Å². The van der Waals surface area contributed by atoms with Crippen LogP contribution in [-0.4, -0.2) is 18.7 Å². The van der Waals surface area contributed by atoms with Crippen LogP contribution in [0.4, 0.5) is 0 Å². The van der Waals surface area contributed by atoms with E-state index in [0.717, 1.165) is 11.3 Å². The predicted octanol–water partition coefficient (Wildman–Crippen LogP) is 2.91. The highest BCUT2D eigenvalue weighted by Gasteiger charge is 2.03. The second-order valence-electron chi connectivity index (χ2n) is 3.71. The van der Waals surface area contributed by atoms with Crippen molar-refractivity contribution in [2.24, 2.45) is 5.10 Å². The quantitative estimate of drug-likeness (QED) is 0.673. The Labute approximate surface area is 115 Å². The molecule has 0 saturated heterocycles. The number of benzene rings is 1. The maximum Gasteiger partial charge on any atom is 0.271 e. The highest BCUT2D eigenvalue weighted by molar-refractivity contribution is 7.08. The second kappa shape index (κ2) is 6.70. The largest absolute Gasteiger partial charge is 0.494 e. The lowest BCUT2D eigenvalue weighted by Crippen LogP contribution is -2.17. The van der Waals surface area contributed by atoms with Crippen LogP contribution in [0.3, 0.4) is 0 Å². The fourth-order valence-corrected chi connectivity index (χ4v) is 2.06. The zero-order chi connectivity index (χ0) is 13.5. The maximum atomic E-state index is 11.8. The zero-order valence-electron chi connectivity index (χ0n) is 10.5. The molecule has 98 valence electrons. The summed E-state index contributed by atoms with van der Waals surface area (Å²) < 4.78 is 5.31. The van der Waals surface area contributed by atoms with Gasteiger partial charge in [0.15, 0.2) is 0 Å². The van der Waals surface area contributed by atoms with Gasteiger partial charge in [-0.05, 0) is 48.0 Å². The molecule has 1 N–H and O–H groups in total. The van der Waals surface area contributed by atoms with Crippen LogP contribution < -0.4 is 10.2 Å². The molecule has 1 heterocycles. The van der Waals surface area contributed by atoms with E-state index in [2.05, 4.69) is 10.5 Å². The molecular weight excluding hydrogens is 260 g/mol. The predicted molar refractivity (Wildman–Crippen MR) is 77.0 cm³/mol. The zero-order valence-corrected chi connectivity index (χ0v) is 11.3. The van der Waals surface area contributed by atoms with Gasteiger partial charge < -0.3 is 4.74 Å². The van der Waals surface area contributed by atoms with Gasteiger partial charge in [0.25, 0.3) is 5.91 Å². The number of carbonyl (C=O) groups is 1. The number of ether oxygens (including phenoxy) is 1. The second-order valence-corrected chi connectivity index (χ2v) is 4.49. The minimum atomic E-state index is -0.241. The van der Waals surface area contributed by atoms with Crippen molar-refractivity contribution in [3.8, 4) is 5.75 Å². The minimum absolute atomic E-state index is 0.241. The highest BCUT2D eigenvalue weighted by Crippen LogP contribution is 2.11. The van der Waals surface area contributed by atoms with Crippen LogP contribution in [0.25, 0.3) is 0 Å². The Morgan fingerprint density at radius 2 is 2.16 bits per heavy atom. The Morgan fingerprint density at radius 1 is 1.37 bits per heavy atom. The summed E-state index contributed by atoms with van der Waals surface area (Å²) in [5.41, 5.74) is 4.00. The Hall–Kier alpha value is -2.14. The summed E-state index contributed by atoms with van der Waals surface area (Å²) in [4.78, 5) is 11.8. The van der Waals surface area contributed by atoms with E-state index in [9.17, 15) is 4.79 Å². The van der Waals surface area contributed by atoms with Crippen molar-refractivity contribution >= 4 is 23.5 Å². The summed E-state index contributed by atoms with van der Waals surface area (Å²) in [5.74, 6) is 0.510. The molecule has 0 saturated carbocycles. The molecular formula is C14H14N2O2S. The van der Waals surface area contributed by atoms with E-state index in [1.54, 1.807) is 41.8 Å². The van der Waals surface area contributed by atoms with E-state index in [4.69, 9.17) is 4.74 Å². The Balaban J connectivity index is 1.92. The van der Waals surface area contributed by atoms with Crippen molar-refractivity contribution in [1.29, 1.82) is 0 Å². The highest BCUT2D eigenvalue weighted by atomic mass is 32.1. The van der Waals surface area contributed by atoms with Crippen molar-refractivity contribution in [3.05, 3.63) is 52.2 Å². The van der Waals surface area contributed by atoms with Gasteiger partial charge in [-0.15, -0.1) is 0 Å². The molecule has 19 heavy (non-hydrogen) atoms. The number of hydrazone groups is 1. The molecule has 0 atom stereocenters. The number of hydrogen-bond acceptors (Lipinski definition) is 4. The van der Waals surface area contributed by atoms with Crippen LogP contribution in [0.1, 0.15) is 22.8 Å². The van der Waals surface area contributed by atoms with Crippen molar-refractivity contribution < 1.29 is 9.53 Å². The van der Waals surface area contributed by atoms with Crippen molar-refractivity contribution in [2.75, 3.05) is 6.61 Å². The topological polar surface area (TPSA) is 50.7 Å². The van der Waals surface area contributed by atoms with Gasteiger partial charge in [-0.25, -0.2) is 5.43 Å². The molecule has 0 aliphatic carbocycles. The van der Waals surface area contributed by atoms with Crippen LogP contribution in [0.2, 0.25) is 0 Å². The van der Waals surface area contributed by atoms with Gasteiger partial charge in [0, 0.05) is 11.1 Å². The minimum Gasteiger partial charge on any atom is -0.494 e. The molecule has 0 radical (unpaired) electrons. The van der Waals surface area contributed by atoms with E-state index >= 15 is 0 Å². The molecule has 0 aliphatic heterocycles. The lowest BCUT2D eigenvalue weighted by molar-refractivity contribution is 0.0955. The first-order valence-electron chi connectivity index (χ1n) is 5.88. The van der Waals surface area contributed by atoms with Gasteiger partial charge >= 0.3 is 0 Å². The van der Waals surface area contributed by atoms with Crippen molar-refractivity contribution in [1.82, 2.24) is 5.43 Å². The monoisotopic (exact) mass is 274 g/mol. The van der Waals surface area contributed by atoms with E-state index in [1.165, 1.54) is 0 Å². The lowest BCUT2D eigenvalue weighted by Gasteiger charge is -2.03. The number of thiophene rings is 1. The lowest BCUT2D eigenvalue weighted by atomic mass is 10.2. The van der Waals surface area contributed by atoms with Gasteiger partial charge in [0.05, 0.1) is 12.8 Å². The molecule has 2 rings (SSSR count). The standard InChI is InChI=1S/C14H14N2O2S/c1-2-18-13-5-3-12(4-6-13)14(17)16-15-9-11-7-8-19-10-11/h3-10H,2H2,1H3,(H,16,17)/b15-9-. The first-order valence-corrected chi connectivity index (χ1v) is 6.82. The Morgan fingerprint density at radius 3 is 2.79 bits per heavy atom. The summed E-state index contributed by atoms with van der Waals surface area (Å²) in [6.07, 6.45) is 1.61. The molecule has 1 aromatic heterocycles. The first kappa shape index (κ1) is 13.3. The number of carbonyl (C=O) groups excluding carboxylic acids is 1. The molecule has 2 aromatic rings. The third kappa shape index (κ3) is 3.93. The average Bonchev–Trinajstić information content (AvgIpc) is 2.93. The summed E-state index contributed by atoms with van der Waals surface area (Å²) in [5, 5.41) is 7.80. The summed E-state index contributed by atoms with van der Waals surface area (Å²) >= 11 is 1.58. The van der Waals surface area contributed by atoms with E-state index in [0.29, 0.717) is 12.2 Å². The number of nitrogens with one attached hydrogen (secondary N) is 1. The molecule has 0 aliphatic rings. The van der Waals surface area contributed by atoms with Gasteiger partial charge in [-0.3, -0.25) is 4.79 Å². The average molecular weight is 274 g/mol. The molecule has 1 amide bonds. The molecule has 0 fully saturated rings. The van der Waals surface area contributed by atoms with Crippen LogP contribution >= 0.6 is 11.3 Å². The molecule has 4 nitrogen and oxygen atoms in total. The normalized spacial score (nSPS) is 10.6. The Kier molecular flexibility index (Phi) is 4.69. The van der Waals surface area contributed by atoms with Crippen LogP contribution in [0, 0.1) is 0 Å². The maximum absolute atomic E-state index is 11.8. The number of nitrogens with zero attached hydrogens (tertiary/aromatic N) is 1. The molecule has 0 unspecified atom stereocenters. The number of hydrogen-bond donors (Lipinski definition) is 1. The summed E-state index contributed by atoms with van der Waals surface area (Å²) in [7, 11) is 0. The fourth-order valence-electron chi connectivity index (χ4n) is 1.45. The third-order valence-corrected chi connectivity index (χ3v) is 3.05. The van der Waals surface area contributed by atoms with Gasteiger partial charge in [0.2, 0.25) is 0 Å². The molecule has 0 spiro atoms. The van der Waals surface area contributed by atoms with E-state index < -0.39 is 0 Å². The van der Waals surface area contributed by atoms with E-state index in [-0.39, 0.29) is 5.91 Å². The van der Waals surface area contributed by atoms with E-state index in [1.807, 2.05) is 23.8 Å². The summed E-state index contributed by atoms with van der Waals surface area (Å²) in [6.45, 7) is 2.52. The SMILES string of the molecule is CCOc1ccc(C(=O)N/N=C\c2ccsc2)cc1. The van der Waals surface area contributed by atoms with Gasteiger partial charge in [-0.2, -0.15) is 16.4 Å². The number of amides is 1. The van der Waals surface area contributed by atoms with Crippen LogP contribution in [-0.2, 0) is 0 Å². The Bertz CT molecular complexity index is 547. The first-order chi connectivity index (χ1) is 9.29. The van der Waals surface area contributed by atoms with Crippen molar-refractivity contribution in [2.45, 2.75) is 6.92 Å². The third-order valence-electron chi connectivity index (χ3n) is 2.35. The fraction of sp³-hybridized carbons (Fsp3) is 0.143. The van der Waals surface area contributed by atoms with Gasteiger partial charge in [-0.1, -0.05) is 0 Å². The number of rotatable bonds is 5. The smallest absolute Gasteiger partial charge is 0.271 e. The van der Waals surface area contributed by atoms with Crippen LogP contribution in [0.5, 0.6) is 5.75 Å². The summed E-state index contributed by atoms with van der Waals surface area (Å²) in [6, 6.07) is 8.88. The molecule has 1 aromatic carbocycles.